The molecule has 1 unspecified atom stereocenters. The first kappa shape index (κ1) is 15.1. The average molecular weight is 311 g/mol. The van der Waals surface area contributed by atoms with Crippen molar-refractivity contribution in [1.82, 2.24) is 5.32 Å². The highest BCUT2D eigenvalue weighted by Gasteiger charge is 2.22. The topological polar surface area (TPSA) is 86.6 Å². The van der Waals surface area contributed by atoms with Gasteiger partial charge in [0.15, 0.2) is 0 Å². The molecular formula is C18H17NO4. The highest BCUT2D eigenvalue weighted by molar-refractivity contribution is 5.79. The number of rotatable bonds is 4. The molecule has 1 amide bonds. The van der Waals surface area contributed by atoms with Gasteiger partial charge in [-0.1, -0.05) is 30.3 Å². The molecule has 3 rings (SSSR count). The number of phenols is 1. The number of amides is 1. The van der Waals surface area contributed by atoms with Crippen LogP contribution in [0, 0.1) is 0 Å². The third-order valence-electron chi connectivity index (χ3n) is 4.09. The molecule has 1 aliphatic heterocycles. The Morgan fingerprint density at radius 3 is 2.52 bits per heavy atom. The van der Waals surface area contributed by atoms with Crippen LogP contribution in [0.5, 0.6) is 5.75 Å². The molecule has 0 aromatic heterocycles. The van der Waals surface area contributed by atoms with Crippen LogP contribution >= 0.6 is 0 Å². The van der Waals surface area contributed by atoms with Gasteiger partial charge in [0.25, 0.3) is 0 Å². The quantitative estimate of drug-likeness (QED) is 0.808. The molecule has 118 valence electrons. The number of carbonyl (C=O) groups excluding carboxylic acids is 1. The maximum absolute atomic E-state index is 11.3. The van der Waals surface area contributed by atoms with Gasteiger partial charge in [0, 0.05) is 24.4 Å². The normalized spacial score (nSPS) is 17.0. The summed E-state index contributed by atoms with van der Waals surface area (Å²) in [6, 6.07) is 12.5. The number of carboxylic acid groups (broad SMARTS) is 1. The van der Waals surface area contributed by atoms with E-state index in [1.807, 2.05) is 24.3 Å². The zero-order chi connectivity index (χ0) is 16.4. The van der Waals surface area contributed by atoms with Crippen molar-refractivity contribution in [2.45, 2.75) is 18.8 Å². The third kappa shape index (κ3) is 3.34. The molecule has 0 bridgehead atoms. The number of benzene rings is 2. The molecule has 1 aliphatic rings. The van der Waals surface area contributed by atoms with Crippen molar-refractivity contribution in [2.75, 3.05) is 6.54 Å². The Labute approximate surface area is 133 Å². The van der Waals surface area contributed by atoms with Crippen LogP contribution in [-0.4, -0.2) is 28.6 Å². The van der Waals surface area contributed by atoms with Crippen molar-refractivity contribution < 1.29 is 19.8 Å². The summed E-state index contributed by atoms with van der Waals surface area (Å²) < 4.78 is 0. The van der Waals surface area contributed by atoms with Crippen LogP contribution in [0.2, 0.25) is 0 Å². The lowest BCUT2D eigenvalue weighted by Crippen LogP contribution is -2.13. The molecule has 2 aromatic rings. The minimum absolute atomic E-state index is 0.0677. The highest BCUT2D eigenvalue weighted by Crippen LogP contribution is 2.32. The van der Waals surface area contributed by atoms with Crippen LogP contribution < -0.4 is 5.32 Å². The number of carboxylic acids is 1. The van der Waals surface area contributed by atoms with E-state index in [0.29, 0.717) is 24.1 Å². The number of hydrogen-bond donors (Lipinski definition) is 3. The van der Waals surface area contributed by atoms with Crippen LogP contribution in [0.25, 0.3) is 11.1 Å². The molecule has 0 spiro atoms. The molecule has 0 aliphatic carbocycles. The number of carbonyl (C=O) groups is 2. The molecule has 1 heterocycles. The fraction of sp³-hybridized carbons (Fsp3) is 0.222. The lowest BCUT2D eigenvalue weighted by atomic mass is 9.94. The van der Waals surface area contributed by atoms with Gasteiger partial charge in [-0.2, -0.15) is 0 Å². The predicted molar refractivity (Wildman–Crippen MR) is 85.3 cm³/mol. The molecule has 2 aromatic carbocycles. The number of phenolic OH excluding ortho intramolecular Hbond substituents is 1. The van der Waals surface area contributed by atoms with Crippen LogP contribution in [-0.2, 0) is 16.0 Å². The van der Waals surface area contributed by atoms with Crippen LogP contribution in [0.3, 0.4) is 0 Å². The minimum Gasteiger partial charge on any atom is -0.507 e. The van der Waals surface area contributed by atoms with Crippen LogP contribution in [0.15, 0.2) is 42.5 Å². The largest absolute Gasteiger partial charge is 0.507 e. The van der Waals surface area contributed by atoms with Gasteiger partial charge in [-0.25, -0.2) is 0 Å². The number of aromatic hydroxyl groups is 1. The molecule has 3 N–H and O–H groups in total. The van der Waals surface area contributed by atoms with Crippen molar-refractivity contribution in [2.24, 2.45) is 0 Å². The van der Waals surface area contributed by atoms with Crippen molar-refractivity contribution in [1.29, 1.82) is 0 Å². The summed E-state index contributed by atoms with van der Waals surface area (Å²) in [5.41, 5.74) is 3.14. The fourth-order valence-electron chi connectivity index (χ4n) is 2.87. The number of hydrogen-bond acceptors (Lipinski definition) is 3. The van der Waals surface area contributed by atoms with Crippen molar-refractivity contribution >= 4 is 11.9 Å². The van der Waals surface area contributed by atoms with E-state index in [9.17, 15) is 14.7 Å². The van der Waals surface area contributed by atoms with E-state index in [4.69, 9.17) is 5.11 Å². The Kier molecular flexibility index (Phi) is 4.02. The third-order valence-corrected chi connectivity index (χ3v) is 4.09. The Balaban J connectivity index is 1.86. The van der Waals surface area contributed by atoms with Gasteiger partial charge in [-0.3, -0.25) is 9.59 Å². The molecular weight excluding hydrogens is 294 g/mol. The summed E-state index contributed by atoms with van der Waals surface area (Å²) in [6.07, 6.45) is 0.417. The highest BCUT2D eigenvalue weighted by atomic mass is 16.4. The van der Waals surface area contributed by atoms with Crippen LogP contribution in [0.4, 0.5) is 0 Å². The van der Waals surface area contributed by atoms with E-state index in [1.54, 1.807) is 12.1 Å². The maximum Gasteiger partial charge on any atom is 0.307 e. The fourth-order valence-corrected chi connectivity index (χ4v) is 2.87. The van der Waals surface area contributed by atoms with Gasteiger partial charge < -0.3 is 15.5 Å². The van der Waals surface area contributed by atoms with E-state index >= 15 is 0 Å². The summed E-state index contributed by atoms with van der Waals surface area (Å²) in [7, 11) is 0. The monoisotopic (exact) mass is 311 g/mol. The van der Waals surface area contributed by atoms with E-state index in [0.717, 1.165) is 11.1 Å². The SMILES string of the molecule is O=C(O)Cc1ccc(O)c(-c2ccc(C3CNC(=O)C3)cc2)c1. The second-order valence-corrected chi connectivity index (χ2v) is 5.75. The first-order chi connectivity index (χ1) is 11.0. The second-order valence-electron chi connectivity index (χ2n) is 5.75. The van der Waals surface area contributed by atoms with Gasteiger partial charge >= 0.3 is 5.97 Å². The predicted octanol–water partition coefficient (Wildman–Crippen LogP) is 2.29. The molecule has 5 nitrogen and oxygen atoms in total. The second kappa shape index (κ2) is 6.12. The van der Waals surface area contributed by atoms with E-state index in [2.05, 4.69) is 5.32 Å². The molecule has 1 saturated heterocycles. The van der Waals surface area contributed by atoms with Crippen LogP contribution in [0.1, 0.15) is 23.5 Å². The van der Waals surface area contributed by atoms with E-state index in [-0.39, 0.29) is 24.0 Å². The summed E-state index contributed by atoms with van der Waals surface area (Å²) in [5.74, 6) is -0.540. The molecule has 1 atom stereocenters. The standard InChI is InChI=1S/C18H17NO4/c20-16-6-1-11(8-18(22)23)7-15(16)13-4-2-12(3-5-13)14-9-17(21)19-10-14/h1-7,14,20H,8-10H2,(H,19,21)(H,22,23). The summed E-state index contributed by atoms with van der Waals surface area (Å²) in [4.78, 5) is 22.1. The first-order valence-corrected chi connectivity index (χ1v) is 7.43. The number of nitrogens with one attached hydrogen (secondary N) is 1. The molecule has 5 heteroatoms. The smallest absolute Gasteiger partial charge is 0.307 e. The van der Waals surface area contributed by atoms with Gasteiger partial charge in [-0.15, -0.1) is 0 Å². The van der Waals surface area contributed by atoms with E-state index in [1.165, 1.54) is 6.07 Å². The Bertz CT molecular complexity index is 752. The average Bonchev–Trinajstić information content (AvgIpc) is 2.95. The van der Waals surface area contributed by atoms with Gasteiger partial charge in [0.2, 0.25) is 5.91 Å². The maximum atomic E-state index is 11.3. The summed E-state index contributed by atoms with van der Waals surface area (Å²) >= 11 is 0. The van der Waals surface area contributed by atoms with Crippen molar-refractivity contribution in [3.05, 3.63) is 53.6 Å². The van der Waals surface area contributed by atoms with Crippen molar-refractivity contribution in [3.8, 4) is 16.9 Å². The Morgan fingerprint density at radius 2 is 1.91 bits per heavy atom. The van der Waals surface area contributed by atoms with Gasteiger partial charge in [0.05, 0.1) is 6.42 Å². The van der Waals surface area contributed by atoms with Crippen molar-refractivity contribution in [3.63, 3.8) is 0 Å². The lowest BCUT2D eigenvalue weighted by molar-refractivity contribution is -0.136. The van der Waals surface area contributed by atoms with E-state index < -0.39 is 5.97 Å². The molecule has 1 fully saturated rings. The van der Waals surface area contributed by atoms with Gasteiger partial charge in [-0.05, 0) is 28.8 Å². The summed E-state index contributed by atoms with van der Waals surface area (Å²) in [6.45, 7) is 0.650. The summed E-state index contributed by atoms with van der Waals surface area (Å²) in [5, 5.41) is 21.7. The zero-order valence-electron chi connectivity index (χ0n) is 12.5. The minimum atomic E-state index is -0.907. The first-order valence-electron chi connectivity index (χ1n) is 7.43. The molecule has 0 radical (unpaired) electrons. The Hall–Kier alpha value is -2.82. The number of aliphatic carboxylic acids is 1. The molecule has 23 heavy (non-hydrogen) atoms. The lowest BCUT2D eigenvalue weighted by Gasteiger charge is -2.11. The Morgan fingerprint density at radius 1 is 1.17 bits per heavy atom. The van der Waals surface area contributed by atoms with Gasteiger partial charge in [0.1, 0.15) is 5.75 Å². The molecule has 0 saturated carbocycles. The zero-order valence-corrected chi connectivity index (χ0v) is 12.5.